The van der Waals surface area contributed by atoms with E-state index in [1.165, 1.54) is 0 Å². The molecule has 1 amide bonds. The van der Waals surface area contributed by atoms with Crippen molar-refractivity contribution in [2.24, 2.45) is 11.8 Å². The highest BCUT2D eigenvalue weighted by Crippen LogP contribution is 2.15. The van der Waals surface area contributed by atoms with Crippen LogP contribution in [0, 0.1) is 5.92 Å². The van der Waals surface area contributed by atoms with Gasteiger partial charge in [-0.15, -0.1) is 10.2 Å². The number of carbonyl (C=O) groups is 1. The summed E-state index contributed by atoms with van der Waals surface area (Å²) in [5.41, 5.74) is 2.69. The fraction of sp³-hybridized carbons (Fsp3) is 0.583. The van der Waals surface area contributed by atoms with Gasteiger partial charge in [0.15, 0.2) is 11.5 Å². The number of carbonyl (C=O) groups excluding carboxylic acids is 1. The van der Waals surface area contributed by atoms with Crippen LogP contribution >= 0.6 is 0 Å². The van der Waals surface area contributed by atoms with Gasteiger partial charge in [-0.2, -0.15) is 0 Å². The molecule has 0 aliphatic carbocycles. The van der Waals surface area contributed by atoms with E-state index in [9.17, 15) is 4.79 Å². The van der Waals surface area contributed by atoms with Crippen molar-refractivity contribution in [1.82, 2.24) is 20.4 Å². The zero-order chi connectivity index (χ0) is 13.8. The molecule has 1 aliphatic heterocycles. The zero-order valence-electron chi connectivity index (χ0n) is 11.3. The van der Waals surface area contributed by atoms with Crippen molar-refractivity contribution in [2.75, 3.05) is 25.6 Å². The molecular weight excluding hydrogens is 244 g/mol. The van der Waals surface area contributed by atoms with Crippen LogP contribution in [0.4, 0.5) is 5.82 Å². The number of hydrogen-bond donors (Lipinski definition) is 3. The number of hydrazine groups is 1. The van der Waals surface area contributed by atoms with Crippen LogP contribution in [0.3, 0.4) is 0 Å². The molecule has 0 radical (unpaired) electrons. The van der Waals surface area contributed by atoms with Gasteiger partial charge in [0.25, 0.3) is 5.91 Å². The minimum absolute atomic E-state index is 0.183. The number of nitrogens with two attached hydrogens (primary N) is 1. The third-order valence-corrected chi connectivity index (χ3v) is 3.47. The molecule has 4 N–H and O–H groups in total. The minimum Gasteiger partial charge on any atom is -0.348 e. The van der Waals surface area contributed by atoms with Crippen LogP contribution in [0.2, 0.25) is 0 Å². The molecule has 7 nitrogen and oxygen atoms in total. The molecule has 1 aromatic heterocycles. The van der Waals surface area contributed by atoms with Crippen molar-refractivity contribution in [1.29, 1.82) is 0 Å². The third kappa shape index (κ3) is 3.39. The number of hydrogen-bond acceptors (Lipinski definition) is 6. The Kier molecular flexibility index (Phi) is 4.28. The summed E-state index contributed by atoms with van der Waals surface area (Å²) in [6.07, 6.45) is 0.958. The average Bonchev–Trinajstić information content (AvgIpc) is 2.42. The van der Waals surface area contributed by atoms with Gasteiger partial charge < -0.3 is 15.6 Å². The molecule has 1 aliphatic rings. The molecule has 2 atom stereocenters. The van der Waals surface area contributed by atoms with Crippen LogP contribution in [0.15, 0.2) is 12.1 Å². The van der Waals surface area contributed by atoms with Crippen LogP contribution in [-0.2, 0) is 0 Å². The molecule has 7 heteroatoms. The lowest BCUT2D eigenvalue weighted by atomic mass is 9.94. The Balaban J connectivity index is 1.96. The summed E-state index contributed by atoms with van der Waals surface area (Å²) in [6, 6.07) is 3.43. The first-order chi connectivity index (χ1) is 9.10. The molecule has 1 aromatic rings. The highest BCUT2D eigenvalue weighted by molar-refractivity contribution is 5.92. The van der Waals surface area contributed by atoms with E-state index in [2.05, 4.69) is 39.8 Å². The number of piperidine rings is 1. The van der Waals surface area contributed by atoms with E-state index in [0.29, 0.717) is 17.4 Å². The molecule has 2 unspecified atom stereocenters. The maximum absolute atomic E-state index is 12.1. The first-order valence-corrected chi connectivity index (χ1v) is 6.40. The van der Waals surface area contributed by atoms with Crippen molar-refractivity contribution >= 4 is 11.7 Å². The zero-order valence-corrected chi connectivity index (χ0v) is 11.3. The number of nitrogens with one attached hydrogen (secondary N) is 2. The monoisotopic (exact) mass is 264 g/mol. The molecule has 0 aromatic carbocycles. The van der Waals surface area contributed by atoms with Crippen molar-refractivity contribution in [3.63, 3.8) is 0 Å². The van der Waals surface area contributed by atoms with Gasteiger partial charge in [-0.25, -0.2) is 5.84 Å². The molecule has 0 saturated carbocycles. The lowest BCUT2D eigenvalue weighted by Crippen LogP contribution is -2.49. The number of nitrogen functional groups attached to an aromatic ring is 1. The first kappa shape index (κ1) is 13.7. The molecule has 104 valence electrons. The van der Waals surface area contributed by atoms with Crippen LogP contribution in [-0.4, -0.2) is 47.2 Å². The fourth-order valence-corrected chi connectivity index (χ4v) is 2.34. The molecule has 0 bridgehead atoms. The Morgan fingerprint density at radius 3 is 2.84 bits per heavy atom. The lowest BCUT2D eigenvalue weighted by Gasteiger charge is -2.35. The largest absolute Gasteiger partial charge is 0.348 e. The number of nitrogens with zero attached hydrogens (tertiary/aromatic N) is 3. The highest BCUT2D eigenvalue weighted by atomic mass is 16.2. The van der Waals surface area contributed by atoms with Crippen molar-refractivity contribution in [2.45, 2.75) is 19.4 Å². The summed E-state index contributed by atoms with van der Waals surface area (Å²) in [4.78, 5) is 14.3. The van der Waals surface area contributed by atoms with E-state index in [1.807, 2.05) is 0 Å². The molecule has 19 heavy (non-hydrogen) atoms. The number of anilines is 1. The normalized spacial score (nSPS) is 23.9. The Labute approximate surface area is 112 Å². The molecular formula is C12H20N6O. The smallest absolute Gasteiger partial charge is 0.272 e. The van der Waals surface area contributed by atoms with Gasteiger partial charge in [-0.05, 0) is 38.1 Å². The second kappa shape index (κ2) is 5.94. The summed E-state index contributed by atoms with van der Waals surface area (Å²) in [5, 5.41) is 10.7. The summed E-state index contributed by atoms with van der Waals surface area (Å²) in [5.74, 6) is 5.88. The Morgan fingerprint density at radius 1 is 1.47 bits per heavy atom. The minimum atomic E-state index is -0.183. The third-order valence-electron chi connectivity index (χ3n) is 3.47. The summed E-state index contributed by atoms with van der Waals surface area (Å²) < 4.78 is 0. The molecule has 1 fully saturated rings. The predicted molar refractivity (Wildman–Crippen MR) is 72.4 cm³/mol. The van der Waals surface area contributed by atoms with Crippen molar-refractivity contribution < 1.29 is 4.79 Å². The Hall–Kier alpha value is -1.73. The number of aromatic nitrogens is 2. The average molecular weight is 264 g/mol. The molecule has 0 spiro atoms. The van der Waals surface area contributed by atoms with Gasteiger partial charge in [0.2, 0.25) is 0 Å². The van der Waals surface area contributed by atoms with Gasteiger partial charge in [-0.3, -0.25) is 4.79 Å². The lowest BCUT2D eigenvalue weighted by molar-refractivity contribution is 0.0878. The summed E-state index contributed by atoms with van der Waals surface area (Å²) >= 11 is 0. The molecule has 2 rings (SSSR count). The van der Waals surface area contributed by atoms with Crippen molar-refractivity contribution in [3.05, 3.63) is 17.8 Å². The van der Waals surface area contributed by atoms with Gasteiger partial charge in [0.1, 0.15) is 0 Å². The van der Waals surface area contributed by atoms with Crippen LogP contribution in [0.5, 0.6) is 0 Å². The summed E-state index contributed by atoms with van der Waals surface area (Å²) in [7, 11) is 2.10. The van der Waals surface area contributed by atoms with Crippen LogP contribution < -0.4 is 16.6 Å². The highest BCUT2D eigenvalue weighted by Gasteiger charge is 2.26. The van der Waals surface area contributed by atoms with E-state index in [0.717, 1.165) is 19.5 Å². The maximum Gasteiger partial charge on any atom is 0.272 e. The van der Waals surface area contributed by atoms with Crippen molar-refractivity contribution in [3.8, 4) is 0 Å². The second-order valence-electron chi connectivity index (χ2n) is 5.06. The van der Waals surface area contributed by atoms with Gasteiger partial charge in [-0.1, -0.05) is 6.92 Å². The van der Waals surface area contributed by atoms with E-state index in [-0.39, 0.29) is 11.9 Å². The molecule has 1 saturated heterocycles. The molecule has 2 heterocycles. The van der Waals surface area contributed by atoms with E-state index in [4.69, 9.17) is 5.84 Å². The SMILES string of the molecule is CC1CN(C)CCC1NC(=O)c1ccc(NN)nn1. The van der Waals surface area contributed by atoms with E-state index in [1.54, 1.807) is 12.1 Å². The number of rotatable bonds is 3. The maximum atomic E-state index is 12.1. The predicted octanol–water partition coefficient (Wildman–Crippen LogP) is -0.168. The fourth-order valence-electron chi connectivity index (χ4n) is 2.34. The van der Waals surface area contributed by atoms with Gasteiger partial charge in [0.05, 0.1) is 0 Å². The Morgan fingerprint density at radius 2 is 2.26 bits per heavy atom. The standard InChI is InChI=1S/C12H20N6O/c1-8-7-18(2)6-5-9(8)14-12(19)10-3-4-11(15-13)17-16-10/h3-4,8-9H,5-7,13H2,1-2H3,(H,14,19)(H,15,17). The van der Waals surface area contributed by atoms with E-state index >= 15 is 0 Å². The topological polar surface area (TPSA) is 96.2 Å². The first-order valence-electron chi connectivity index (χ1n) is 6.40. The van der Waals surface area contributed by atoms with Gasteiger partial charge in [0, 0.05) is 12.6 Å². The van der Waals surface area contributed by atoms with E-state index < -0.39 is 0 Å². The number of amides is 1. The second-order valence-corrected chi connectivity index (χ2v) is 5.06. The van der Waals surface area contributed by atoms with Crippen LogP contribution in [0.25, 0.3) is 0 Å². The Bertz CT molecular complexity index is 434. The van der Waals surface area contributed by atoms with Gasteiger partial charge >= 0.3 is 0 Å². The van der Waals surface area contributed by atoms with Crippen LogP contribution in [0.1, 0.15) is 23.8 Å². The quantitative estimate of drug-likeness (QED) is 0.518. The number of likely N-dealkylation sites (tertiary alicyclic amines) is 1. The summed E-state index contributed by atoms with van der Waals surface area (Å²) in [6.45, 7) is 4.14.